The highest BCUT2D eigenvalue weighted by Crippen LogP contribution is 2.10. The van der Waals surface area contributed by atoms with E-state index in [1.165, 1.54) is 0 Å². The minimum Gasteiger partial charge on any atom is -0.381 e. The number of rotatable bonds is 4. The van der Waals surface area contributed by atoms with Crippen LogP contribution >= 0.6 is 15.9 Å². The maximum Gasteiger partial charge on any atom is 0.0632 e. The van der Waals surface area contributed by atoms with E-state index in [9.17, 15) is 0 Å². The largest absolute Gasteiger partial charge is 0.381 e. The second-order valence-electron chi connectivity index (χ2n) is 3.79. The molecule has 1 unspecified atom stereocenters. The van der Waals surface area contributed by atoms with Crippen molar-refractivity contribution in [2.24, 2.45) is 0 Å². The van der Waals surface area contributed by atoms with Crippen molar-refractivity contribution in [1.29, 1.82) is 0 Å². The number of nitrogens with one attached hydrogen (secondary N) is 1. The number of hydrogen-bond acceptors (Lipinski definition) is 2. The summed E-state index contributed by atoms with van der Waals surface area (Å²) in [5.74, 6) is 0. The van der Waals surface area contributed by atoms with Crippen molar-refractivity contribution in [3.05, 3.63) is 47.2 Å². The van der Waals surface area contributed by atoms with Crippen LogP contribution in [0.25, 0.3) is 0 Å². The topological polar surface area (TPSA) is 29.9 Å². The molecule has 0 bridgehead atoms. The Bertz CT molecular complexity index is 439. The van der Waals surface area contributed by atoms with Gasteiger partial charge in [-0.3, -0.25) is 4.68 Å². The number of benzene rings is 1. The highest BCUT2D eigenvalue weighted by molar-refractivity contribution is 9.10. The lowest BCUT2D eigenvalue weighted by Crippen LogP contribution is -2.22. The number of para-hydroxylation sites is 1. The number of halogens is 1. The third-order valence-electron chi connectivity index (χ3n) is 2.25. The Morgan fingerprint density at radius 2 is 2.12 bits per heavy atom. The van der Waals surface area contributed by atoms with Crippen molar-refractivity contribution < 1.29 is 0 Å². The smallest absolute Gasteiger partial charge is 0.0632 e. The van der Waals surface area contributed by atoms with Gasteiger partial charge in [-0.25, -0.2) is 0 Å². The van der Waals surface area contributed by atoms with E-state index in [1.807, 2.05) is 29.1 Å². The molecule has 2 aromatic rings. The molecular formula is C12H14BrN3. The zero-order valence-corrected chi connectivity index (χ0v) is 10.7. The summed E-state index contributed by atoms with van der Waals surface area (Å²) >= 11 is 3.39. The van der Waals surface area contributed by atoms with Gasteiger partial charge < -0.3 is 5.32 Å². The summed E-state index contributed by atoms with van der Waals surface area (Å²) in [6, 6.07) is 10.5. The van der Waals surface area contributed by atoms with Gasteiger partial charge in [0.25, 0.3) is 0 Å². The van der Waals surface area contributed by atoms with Gasteiger partial charge in [-0.2, -0.15) is 5.10 Å². The molecule has 3 nitrogen and oxygen atoms in total. The molecule has 1 aromatic heterocycles. The summed E-state index contributed by atoms with van der Waals surface area (Å²) in [5.41, 5.74) is 1.14. The van der Waals surface area contributed by atoms with Crippen LogP contribution in [-0.4, -0.2) is 15.8 Å². The second kappa shape index (κ2) is 5.16. The van der Waals surface area contributed by atoms with Gasteiger partial charge in [0.05, 0.1) is 17.2 Å². The molecule has 2 rings (SSSR count). The number of anilines is 1. The maximum absolute atomic E-state index is 4.23. The second-order valence-corrected chi connectivity index (χ2v) is 4.71. The zero-order valence-electron chi connectivity index (χ0n) is 9.10. The maximum atomic E-state index is 4.23. The van der Waals surface area contributed by atoms with Gasteiger partial charge in [-0.15, -0.1) is 0 Å². The van der Waals surface area contributed by atoms with Crippen LogP contribution in [0.2, 0.25) is 0 Å². The van der Waals surface area contributed by atoms with Crippen molar-refractivity contribution in [1.82, 2.24) is 9.78 Å². The van der Waals surface area contributed by atoms with Crippen LogP contribution in [0, 0.1) is 0 Å². The normalized spacial score (nSPS) is 12.4. The van der Waals surface area contributed by atoms with Crippen LogP contribution in [0.5, 0.6) is 0 Å². The lowest BCUT2D eigenvalue weighted by molar-refractivity contribution is 0.561. The van der Waals surface area contributed by atoms with Gasteiger partial charge in [-0.05, 0) is 35.0 Å². The van der Waals surface area contributed by atoms with E-state index in [0.29, 0.717) is 6.04 Å². The molecular weight excluding hydrogens is 266 g/mol. The van der Waals surface area contributed by atoms with Gasteiger partial charge in [-0.1, -0.05) is 18.2 Å². The third kappa shape index (κ3) is 3.10. The summed E-state index contributed by atoms with van der Waals surface area (Å²) in [6.07, 6.45) is 3.78. The van der Waals surface area contributed by atoms with Gasteiger partial charge >= 0.3 is 0 Å². The Balaban J connectivity index is 1.92. The average molecular weight is 280 g/mol. The lowest BCUT2D eigenvalue weighted by atomic mass is 10.2. The SMILES string of the molecule is CC(Cn1cc(Br)cn1)Nc1ccccc1. The predicted octanol–water partition coefficient (Wildman–Crippen LogP) is 3.15. The van der Waals surface area contributed by atoms with E-state index in [4.69, 9.17) is 0 Å². The van der Waals surface area contributed by atoms with Gasteiger partial charge in [0, 0.05) is 17.9 Å². The third-order valence-corrected chi connectivity index (χ3v) is 2.66. The molecule has 0 aliphatic heterocycles. The average Bonchev–Trinajstić information content (AvgIpc) is 2.65. The molecule has 0 fully saturated rings. The van der Waals surface area contributed by atoms with E-state index in [-0.39, 0.29) is 0 Å². The Morgan fingerprint density at radius 1 is 1.38 bits per heavy atom. The molecule has 84 valence electrons. The Hall–Kier alpha value is -1.29. The summed E-state index contributed by atoms with van der Waals surface area (Å²) < 4.78 is 2.93. The summed E-state index contributed by atoms with van der Waals surface area (Å²) in [5, 5.41) is 7.65. The number of nitrogens with zero attached hydrogens (tertiary/aromatic N) is 2. The van der Waals surface area contributed by atoms with Crippen LogP contribution in [0.1, 0.15) is 6.92 Å². The summed E-state index contributed by atoms with van der Waals surface area (Å²) in [6.45, 7) is 2.99. The van der Waals surface area contributed by atoms with E-state index < -0.39 is 0 Å². The van der Waals surface area contributed by atoms with E-state index in [2.05, 4.69) is 45.4 Å². The molecule has 0 aliphatic carbocycles. The molecule has 1 aromatic carbocycles. The number of aromatic nitrogens is 2. The molecule has 0 saturated heterocycles. The van der Waals surface area contributed by atoms with Crippen LogP contribution in [0.15, 0.2) is 47.2 Å². The van der Waals surface area contributed by atoms with E-state index >= 15 is 0 Å². The predicted molar refractivity (Wildman–Crippen MR) is 69.5 cm³/mol. The quantitative estimate of drug-likeness (QED) is 0.932. The molecule has 0 radical (unpaired) electrons. The zero-order chi connectivity index (χ0) is 11.4. The highest BCUT2D eigenvalue weighted by Gasteiger charge is 2.03. The van der Waals surface area contributed by atoms with Gasteiger partial charge in [0.2, 0.25) is 0 Å². The van der Waals surface area contributed by atoms with Crippen molar-refractivity contribution in [2.45, 2.75) is 19.5 Å². The van der Waals surface area contributed by atoms with E-state index in [0.717, 1.165) is 16.7 Å². The Labute approximate surface area is 104 Å². The highest BCUT2D eigenvalue weighted by atomic mass is 79.9. The van der Waals surface area contributed by atoms with Crippen LogP contribution in [-0.2, 0) is 6.54 Å². The molecule has 1 N–H and O–H groups in total. The standard InChI is InChI=1S/C12H14BrN3/c1-10(8-16-9-11(13)7-14-16)15-12-5-3-2-4-6-12/h2-7,9-10,15H,8H2,1H3. The first-order chi connectivity index (χ1) is 7.74. The first-order valence-electron chi connectivity index (χ1n) is 5.23. The van der Waals surface area contributed by atoms with Crippen LogP contribution in [0.4, 0.5) is 5.69 Å². The fraction of sp³-hybridized carbons (Fsp3) is 0.250. The minimum atomic E-state index is 0.342. The van der Waals surface area contributed by atoms with Crippen molar-refractivity contribution in [2.75, 3.05) is 5.32 Å². The molecule has 0 aliphatic rings. The number of hydrogen-bond donors (Lipinski definition) is 1. The van der Waals surface area contributed by atoms with Crippen LogP contribution in [0.3, 0.4) is 0 Å². The molecule has 1 heterocycles. The molecule has 16 heavy (non-hydrogen) atoms. The molecule has 0 spiro atoms. The van der Waals surface area contributed by atoms with Crippen molar-refractivity contribution in [3.8, 4) is 0 Å². The van der Waals surface area contributed by atoms with Crippen molar-refractivity contribution in [3.63, 3.8) is 0 Å². The minimum absolute atomic E-state index is 0.342. The van der Waals surface area contributed by atoms with Crippen molar-refractivity contribution >= 4 is 21.6 Å². The fourth-order valence-corrected chi connectivity index (χ4v) is 1.91. The van der Waals surface area contributed by atoms with Crippen LogP contribution < -0.4 is 5.32 Å². The first-order valence-corrected chi connectivity index (χ1v) is 6.03. The molecule has 0 saturated carbocycles. The Kier molecular flexibility index (Phi) is 3.62. The molecule has 4 heteroatoms. The molecule has 0 amide bonds. The lowest BCUT2D eigenvalue weighted by Gasteiger charge is -2.15. The monoisotopic (exact) mass is 279 g/mol. The molecule has 1 atom stereocenters. The fourth-order valence-electron chi connectivity index (χ4n) is 1.58. The first kappa shape index (κ1) is 11.2. The summed E-state index contributed by atoms with van der Waals surface area (Å²) in [4.78, 5) is 0. The van der Waals surface area contributed by atoms with Gasteiger partial charge in [0.15, 0.2) is 0 Å². The summed E-state index contributed by atoms with van der Waals surface area (Å²) in [7, 11) is 0. The van der Waals surface area contributed by atoms with Gasteiger partial charge in [0.1, 0.15) is 0 Å². The van der Waals surface area contributed by atoms with E-state index in [1.54, 1.807) is 6.20 Å². The Morgan fingerprint density at radius 3 is 2.75 bits per heavy atom.